The largest absolute Gasteiger partial charge is 0.307 e. The number of hydrogen-bond acceptors (Lipinski definition) is 3. The normalized spacial score (nSPS) is 18.7. The maximum atomic E-state index is 11.0. The second-order valence-electron chi connectivity index (χ2n) is 2.76. The summed E-state index contributed by atoms with van der Waals surface area (Å²) in [7, 11) is 0. The molecule has 0 spiro atoms. The lowest BCUT2D eigenvalue weighted by Gasteiger charge is -1.94. The van der Waals surface area contributed by atoms with E-state index >= 15 is 0 Å². The lowest BCUT2D eigenvalue weighted by atomic mass is 10.2. The van der Waals surface area contributed by atoms with Crippen LogP contribution in [0.25, 0.3) is 6.08 Å². The molecule has 0 bridgehead atoms. The van der Waals surface area contributed by atoms with E-state index in [1.165, 1.54) is 0 Å². The monoisotopic (exact) mass is 221 g/mol. The van der Waals surface area contributed by atoms with Crippen LogP contribution in [0.1, 0.15) is 5.56 Å². The van der Waals surface area contributed by atoms with E-state index in [4.69, 9.17) is 12.2 Å². The number of rotatable bonds is 1. The van der Waals surface area contributed by atoms with E-state index in [9.17, 15) is 4.79 Å². The molecule has 0 saturated carbocycles. The topological polar surface area (TPSA) is 29.1 Å². The van der Waals surface area contributed by atoms with Crippen molar-refractivity contribution in [1.82, 2.24) is 5.32 Å². The van der Waals surface area contributed by atoms with Crippen LogP contribution >= 0.6 is 24.0 Å². The van der Waals surface area contributed by atoms with Crippen molar-refractivity contribution in [3.8, 4) is 0 Å². The van der Waals surface area contributed by atoms with Crippen molar-refractivity contribution < 1.29 is 4.79 Å². The van der Waals surface area contributed by atoms with Crippen LogP contribution in [0.3, 0.4) is 0 Å². The van der Waals surface area contributed by atoms with Crippen LogP contribution in [0.2, 0.25) is 0 Å². The summed E-state index contributed by atoms with van der Waals surface area (Å²) in [6.07, 6.45) is 1.91. The average Bonchev–Trinajstić information content (AvgIpc) is 2.47. The van der Waals surface area contributed by atoms with Gasteiger partial charge in [-0.3, -0.25) is 4.79 Å². The summed E-state index contributed by atoms with van der Waals surface area (Å²) in [5.41, 5.74) is 1.05. The molecular weight excluding hydrogens is 214 g/mol. The third-order valence-electron chi connectivity index (χ3n) is 1.74. The summed E-state index contributed by atoms with van der Waals surface area (Å²) in [5, 5.41) is 2.47. The fourth-order valence-corrected chi connectivity index (χ4v) is 2.15. The number of hydrogen-bond donors (Lipinski definition) is 1. The maximum absolute atomic E-state index is 11.0. The summed E-state index contributed by atoms with van der Waals surface area (Å²) in [5.74, 6) is 0. The van der Waals surface area contributed by atoms with Crippen LogP contribution in [-0.4, -0.2) is 10.2 Å². The molecule has 1 fully saturated rings. The predicted octanol–water partition coefficient (Wildman–Crippen LogP) is 2.81. The van der Waals surface area contributed by atoms with Crippen LogP contribution < -0.4 is 5.32 Å². The summed E-state index contributed by atoms with van der Waals surface area (Å²) in [4.78, 5) is 12.3. The molecule has 1 heterocycles. The molecule has 2 nitrogen and oxygen atoms in total. The van der Waals surface area contributed by atoms with Gasteiger partial charge in [0.05, 0.1) is 4.91 Å². The van der Waals surface area contributed by atoms with Crippen molar-refractivity contribution in [3.63, 3.8) is 0 Å². The first kappa shape index (κ1) is 9.43. The molecule has 1 aromatic rings. The van der Waals surface area contributed by atoms with Gasteiger partial charge in [0.15, 0.2) is 0 Å². The second-order valence-corrected chi connectivity index (χ2v) is 4.19. The molecule has 1 aromatic carbocycles. The van der Waals surface area contributed by atoms with Gasteiger partial charge in [0.2, 0.25) is 0 Å². The van der Waals surface area contributed by atoms with Crippen molar-refractivity contribution in [2.24, 2.45) is 0 Å². The molecule has 0 radical (unpaired) electrons. The molecule has 4 heteroatoms. The summed E-state index contributed by atoms with van der Waals surface area (Å²) in [6.45, 7) is 0. The number of thiocarbonyl (C=S) groups is 1. The van der Waals surface area contributed by atoms with Gasteiger partial charge in [0, 0.05) is 0 Å². The van der Waals surface area contributed by atoms with Crippen LogP contribution in [0.5, 0.6) is 0 Å². The van der Waals surface area contributed by atoms with Crippen LogP contribution in [0.4, 0.5) is 4.79 Å². The highest BCUT2D eigenvalue weighted by atomic mass is 32.2. The van der Waals surface area contributed by atoms with Crippen molar-refractivity contribution in [1.29, 1.82) is 0 Å². The van der Waals surface area contributed by atoms with Crippen LogP contribution in [0.15, 0.2) is 35.2 Å². The fourth-order valence-electron chi connectivity index (χ4n) is 1.12. The van der Waals surface area contributed by atoms with E-state index in [-0.39, 0.29) is 5.24 Å². The van der Waals surface area contributed by atoms with Crippen LogP contribution in [0, 0.1) is 0 Å². The zero-order chi connectivity index (χ0) is 9.97. The van der Waals surface area contributed by atoms with E-state index in [2.05, 4.69) is 5.32 Å². The predicted molar refractivity (Wildman–Crippen MR) is 63.1 cm³/mol. The summed E-state index contributed by atoms with van der Waals surface area (Å²) >= 11 is 6.13. The molecule has 1 aliphatic heterocycles. The van der Waals surface area contributed by atoms with Gasteiger partial charge in [0.25, 0.3) is 5.24 Å². The summed E-state index contributed by atoms with van der Waals surface area (Å²) in [6, 6.07) is 9.79. The van der Waals surface area contributed by atoms with Gasteiger partial charge in [-0.1, -0.05) is 42.5 Å². The molecule has 1 saturated heterocycles. The Morgan fingerprint density at radius 2 is 2.00 bits per heavy atom. The van der Waals surface area contributed by atoms with Gasteiger partial charge in [-0.2, -0.15) is 0 Å². The minimum atomic E-state index is -0.0998. The third-order valence-corrected chi connectivity index (χ3v) is 3.02. The highest BCUT2D eigenvalue weighted by Gasteiger charge is 2.21. The molecule has 2 rings (SSSR count). The number of amides is 1. The zero-order valence-electron chi connectivity index (χ0n) is 7.19. The van der Waals surface area contributed by atoms with Gasteiger partial charge in [-0.05, 0) is 23.4 Å². The zero-order valence-corrected chi connectivity index (χ0v) is 8.82. The Kier molecular flexibility index (Phi) is 2.65. The van der Waals surface area contributed by atoms with Gasteiger partial charge < -0.3 is 5.32 Å². The minimum absolute atomic E-state index is 0.0998. The molecule has 0 unspecified atom stereocenters. The van der Waals surface area contributed by atoms with E-state index < -0.39 is 0 Å². The molecule has 1 aliphatic rings. The van der Waals surface area contributed by atoms with Crippen molar-refractivity contribution in [3.05, 3.63) is 40.8 Å². The smallest absolute Gasteiger partial charge is 0.289 e. The molecule has 1 amide bonds. The Bertz CT molecular complexity index is 411. The first-order valence-corrected chi connectivity index (χ1v) is 5.28. The number of benzene rings is 1. The number of nitrogens with one attached hydrogen (secondary N) is 1. The second kappa shape index (κ2) is 3.94. The van der Waals surface area contributed by atoms with E-state index in [0.29, 0.717) is 4.99 Å². The maximum Gasteiger partial charge on any atom is 0.289 e. The Morgan fingerprint density at radius 3 is 2.57 bits per heavy atom. The summed E-state index contributed by atoms with van der Waals surface area (Å²) < 4.78 is 0. The molecule has 14 heavy (non-hydrogen) atoms. The molecule has 1 N–H and O–H groups in total. The number of thioether (sulfide) groups is 1. The Hall–Kier alpha value is -1.13. The van der Waals surface area contributed by atoms with Gasteiger partial charge in [-0.25, -0.2) is 0 Å². The quantitative estimate of drug-likeness (QED) is 0.584. The van der Waals surface area contributed by atoms with Gasteiger partial charge in [-0.15, -0.1) is 0 Å². The SMILES string of the molecule is O=C1NC(=S)/C(=C/c2ccccc2)S1. The average molecular weight is 221 g/mol. The van der Waals surface area contributed by atoms with E-state index in [0.717, 1.165) is 22.2 Å². The Morgan fingerprint density at radius 1 is 1.29 bits per heavy atom. The highest BCUT2D eigenvalue weighted by Crippen LogP contribution is 2.26. The molecule has 0 aromatic heterocycles. The third kappa shape index (κ3) is 2.02. The van der Waals surface area contributed by atoms with Crippen molar-refractivity contribution >= 4 is 40.3 Å². The standard InChI is InChI=1S/C10H7NOS2/c12-10-11-9(13)8(14-10)6-7-4-2-1-3-5-7/h1-6H,(H,11,12,13)/b8-6-. The van der Waals surface area contributed by atoms with E-state index in [1.54, 1.807) is 0 Å². The van der Waals surface area contributed by atoms with Gasteiger partial charge in [0.1, 0.15) is 4.99 Å². The lowest BCUT2D eigenvalue weighted by molar-refractivity contribution is 0.265. The number of carbonyl (C=O) groups excluding carboxylic acids is 1. The highest BCUT2D eigenvalue weighted by molar-refractivity contribution is 8.19. The Balaban J connectivity index is 2.28. The van der Waals surface area contributed by atoms with E-state index in [1.807, 2.05) is 36.4 Å². The fraction of sp³-hybridized carbons (Fsp3) is 0. The molecular formula is C10H7NOS2. The Labute approximate surface area is 91.4 Å². The first-order valence-electron chi connectivity index (χ1n) is 4.05. The molecule has 0 aliphatic carbocycles. The first-order chi connectivity index (χ1) is 6.75. The molecule has 70 valence electrons. The lowest BCUT2D eigenvalue weighted by Crippen LogP contribution is -2.15. The number of carbonyl (C=O) groups is 1. The minimum Gasteiger partial charge on any atom is -0.307 e. The molecule has 0 atom stereocenters. The van der Waals surface area contributed by atoms with Crippen molar-refractivity contribution in [2.75, 3.05) is 0 Å². The van der Waals surface area contributed by atoms with Crippen molar-refractivity contribution in [2.45, 2.75) is 0 Å². The van der Waals surface area contributed by atoms with Crippen LogP contribution in [-0.2, 0) is 0 Å². The van der Waals surface area contributed by atoms with Gasteiger partial charge >= 0.3 is 0 Å².